The zero-order valence-electron chi connectivity index (χ0n) is 31.3. The summed E-state index contributed by atoms with van der Waals surface area (Å²) >= 11 is 0. The molecule has 4 heterocycles. The molecule has 0 atom stereocenters. The van der Waals surface area contributed by atoms with E-state index in [2.05, 4.69) is 173 Å². The third-order valence-corrected chi connectivity index (χ3v) is 10.8. The van der Waals surface area contributed by atoms with Crippen molar-refractivity contribution < 1.29 is 0 Å². The third kappa shape index (κ3) is 5.66. The Morgan fingerprint density at radius 2 is 0.862 bits per heavy atom. The molecule has 58 heavy (non-hydrogen) atoms. The van der Waals surface area contributed by atoms with Crippen LogP contribution in [0.15, 0.2) is 206 Å². The van der Waals surface area contributed by atoms with Crippen molar-refractivity contribution in [2.75, 3.05) is 0 Å². The van der Waals surface area contributed by atoms with Gasteiger partial charge in [-0.25, -0.2) is 19.9 Å². The van der Waals surface area contributed by atoms with Gasteiger partial charge >= 0.3 is 0 Å². The quantitative estimate of drug-likeness (QED) is 0.163. The van der Waals surface area contributed by atoms with E-state index in [0.29, 0.717) is 5.82 Å². The summed E-state index contributed by atoms with van der Waals surface area (Å²) < 4.78 is 4.38. The van der Waals surface area contributed by atoms with Gasteiger partial charge < -0.3 is 0 Å². The van der Waals surface area contributed by atoms with E-state index in [1.165, 1.54) is 0 Å². The SMILES string of the molecule is c1ccc(-c2ccnc3c2nc(-c2ccc(-c4ccc(-c5nc(-c6ccccc6)n6c(-c7ccccc7)c7ccccc7c6n5)cc4)cc2)n3-c2ccccc2)cc1. The van der Waals surface area contributed by atoms with Crippen molar-refractivity contribution >= 4 is 27.6 Å². The number of hydrogen-bond acceptors (Lipinski definition) is 4. The van der Waals surface area contributed by atoms with E-state index in [9.17, 15) is 0 Å². The molecule has 6 nitrogen and oxygen atoms in total. The smallest absolute Gasteiger partial charge is 0.165 e. The lowest BCUT2D eigenvalue weighted by atomic mass is 10.0. The zero-order valence-corrected chi connectivity index (χ0v) is 31.3. The fourth-order valence-electron chi connectivity index (χ4n) is 8.08. The Kier molecular flexibility index (Phi) is 8.04. The lowest BCUT2D eigenvalue weighted by Crippen LogP contribution is -2.03. The van der Waals surface area contributed by atoms with Crippen LogP contribution in [0.25, 0.3) is 101 Å². The summed E-state index contributed by atoms with van der Waals surface area (Å²) in [6, 6.07) is 69.4. The van der Waals surface area contributed by atoms with Gasteiger partial charge in [0.15, 0.2) is 11.5 Å². The number of imidazole rings is 1. The highest BCUT2D eigenvalue weighted by Gasteiger charge is 2.22. The molecule has 0 aliphatic rings. The summed E-state index contributed by atoms with van der Waals surface area (Å²) in [7, 11) is 0. The molecule has 0 unspecified atom stereocenters. The van der Waals surface area contributed by atoms with Crippen LogP contribution in [0.4, 0.5) is 0 Å². The van der Waals surface area contributed by atoms with Gasteiger partial charge in [0.1, 0.15) is 22.8 Å². The summed E-state index contributed by atoms with van der Waals surface area (Å²) in [4.78, 5) is 20.7. The number of benzene rings is 7. The second kappa shape index (κ2) is 14.0. The largest absolute Gasteiger partial charge is 0.277 e. The summed E-state index contributed by atoms with van der Waals surface area (Å²) in [6.45, 7) is 0. The highest BCUT2D eigenvalue weighted by molar-refractivity contribution is 6.06. The van der Waals surface area contributed by atoms with Crippen molar-refractivity contribution in [2.45, 2.75) is 0 Å². The van der Waals surface area contributed by atoms with E-state index < -0.39 is 0 Å². The third-order valence-electron chi connectivity index (χ3n) is 10.8. The molecule has 4 aromatic heterocycles. The van der Waals surface area contributed by atoms with Crippen LogP contribution in [-0.2, 0) is 0 Å². The molecule has 0 aliphatic heterocycles. The first-order valence-electron chi connectivity index (χ1n) is 19.4. The van der Waals surface area contributed by atoms with Crippen LogP contribution in [0.5, 0.6) is 0 Å². The molecule has 0 amide bonds. The Bertz CT molecular complexity index is 3230. The Balaban J connectivity index is 0.990. The van der Waals surface area contributed by atoms with Crippen LogP contribution in [0.2, 0.25) is 0 Å². The molecule has 0 aliphatic carbocycles. The topological polar surface area (TPSA) is 60.9 Å². The minimum atomic E-state index is 0.680. The Hall–Kier alpha value is -7.96. The highest BCUT2D eigenvalue weighted by atomic mass is 15.1. The summed E-state index contributed by atoms with van der Waals surface area (Å²) in [5.74, 6) is 2.37. The van der Waals surface area contributed by atoms with E-state index in [0.717, 1.165) is 95.1 Å². The maximum absolute atomic E-state index is 5.28. The molecule has 272 valence electrons. The normalized spacial score (nSPS) is 11.4. The summed E-state index contributed by atoms with van der Waals surface area (Å²) in [5, 5.41) is 2.23. The van der Waals surface area contributed by atoms with E-state index in [1.807, 2.05) is 42.6 Å². The molecule has 0 saturated heterocycles. The molecular weight excluding hydrogens is 709 g/mol. The van der Waals surface area contributed by atoms with Crippen molar-refractivity contribution in [1.82, 2.24) is 28.9 Å². The van der Waals surface area contributed by atoms with Gasteiger partial charge in [0.05, 0.1) is 5.69 Å². The maximum Gasteiger partial charge on any atom is 0.165 e. The minimum Gasteiger partial charge on any atom is -0.277 e. The second-order valence-electron chi connectivity index (χ2n) is 14.3. The van der Waals surface area contributed by atoms with E-state index in [1.54, 1.807) is 0 Å². The van der Waals surface area contributed by atoms with Gasteiger partial charge in [0.25, 0.3) is 0 Å². The number of fused-ring (bicyclic) bond motifs is 4. The number of pyridine rings is 1. The fraction of sp³-hybridized carbons (Fsp3) is 0. The molecule has 0 fully saturated rings. The fourth-order valence-corrected chi connectivity index (χ4v) is 8.08. The van der Waals surface area contributed by atoms with Crippen LogP contribution in [0.1, 0.15) is 0 Å². The van der Waals surface area contributed by atoms with Crippen LogP contribution in [0, 0.1) is 0 Å². The lowest BCUT2D eigenvalue weighted by molar-refractivity contribution is 1.05. The predicted octanol–water partition coefficient (Wildman–Crippen LogP) is 12.6. The van der Waals surface area contributed by atoms with Gasteiger partial charge in [-0.2, -0.15) is 0 Å². The molecule has 0 saturated carbocycles. The highest BCUT2D eigenvalue weighted by Crippen LogP contribution is 2.38. The molecule has 0 bridgehead atoms. The average Bonchev–Trinajstić information content (AvgIpc) is 3.87. The van der Waals surface area contributed by atoms with Gasteiger partial charge in [-0.3, -0.25) is 8.97 Å². The Labute approximate surface area is 335 Å². The van der Waals surface area contributed by atoms with Crippen molar-refractivity contribution in [3.63, 3.8) is 0 Å². The summed E-state index contributed by atoms with van der Waals surface area (Å²) in [6.07, 6.45) is 1.87. The average molecular weight is 743 g/mol. The molecule has 0 spiro atoms. The summed E-state index contributed by atoms with van der Waals surface area (Å²) in [5.41, 5.74) is 13.1. The molecular formula is C52H34N6. The molecule has 0 radical (unpaired) electrons. The number of para-hydroxylation sites is 1. The Morgan fingerprint density at radius 3 is 1.52 bits per heavy atom. The van der Waals surface area contributed by atoms with E-state index in [4.69, 9.17) is 19.9 Å². The van der Waals surface area contributed by atoms with Gasteiger partial charge in [-0.05, 0) is 40.5 Å². The Morgan fingerprint density at radius 1 is 0.345 bits per heavy atom. The van der Waals surface area contributed by atoms with Gasteiger partial charge in [-0.15, -0.1) is 0 Å². The number of rotatable bonds is 7. The van der Waals surface area contributed by atoms with Crippen molar-refractivity contribution in [3.05, 3.63) is 206 Å². The zero-order chi connectivity index (χ0) is 38.4. The molecule has 6 heteroatoms. The van der Waals surface area contributed by atoms with E-state index in [-0.39, 0.29) is 0 Å². The van der Waals surface area contributed by atoms with E-state index >= 15 is 0 Å². The van der Waals surface area contributed by atoms with Crippen molar-refractivity contribution in [2.24, 2.45) is 0 Å². The van der Waals surface area contributed by atoms with Crippen LogP contribution in [0.3, 0.4) is 0 Å². The second-order valence-corrected chi connectivity index (χ2v) is 14.3. The minimum absolute atomic E-state index is 0.680. The molecule has 0 N–H and O–H groups in total. The van der Waals surface area contributed by atoms with Crippen molar-refractivity contribution in [3.8, 4) is 73.4 Å². The predicted molar refractivity (Wildman–Crippen MR) is 236 cm³/mol. The number of hydrogen-bond donors (Lipinski definition) is 0. The standard InChI is InChI=1S/C52H34N6/c1-5-15-37(16-6-1)43-33-34-53-52-46(43)54-49(57(52)42-21-11-4-12-22-42)41-31-27-36(28-32-41)35-25-29-39(30-26-35)48-55-50(40-19-9-3-10-20-40)58-47(38-17-7-2-8-18-38)44-23-13-14-24-45(44)51(58)56-48/h1-34H. The molecule has 7 aromatic carbocycles. The number of nitrogens with zero attached hydrogens (tertiary/aromatic N) is 6. The number of aromatic nitrogens is 6. The van der Waals surface area contributed by atoms with Crippen LogP contribution in [-0.4, -0.2) is 28.9 Å². The molecule has 11 aromatic rings. The van der Waals surface area contributed by atoms with Gasteiger partial charge in [-0.1, -0.05) is 182 Å². The maximum atomic E-state index is 5.28. The first-order valence-corrected chi connectivity index (χ1v) is 19.4. The van der Waals surface area contributed by atoms with Gasteiger partial charge in [0.2, 0.25) is 0 Å². The first kappa shape index (κ1) is 33.4. The first-order chi connectivity index (χ1) is 28.8. The van der Waals surface area contributed by atoms with Crippen molar-refractivity contribution in [1.29, 1.82) is 0 Å². The van der Waals surface area contributed by atoms with Crippen LogP contribution >= 0.6 is 0 Å². The molecule has 11 rings (SSSR count). The lowest BCUT2D eigenvalue weighted by Gasteiger charge is -2.12. The monoisotopic (exact) mass is 742 g/mol. The van der Waals surface area contributed by atoms with Gasteiger partial charge in [0, 0.05) is 44.9 Å². The van der Waals surface area contributed by atoms with Crippen LogP contribution < -0.4 is 0 Å².